The van der Waals surface area contributed by atoms with Gasteiger partial charge in [-0.3, -0.25) is 19.2 Å². The fraction of sp³-hybridized carbons (Fsp3) is 0.857. The van der Waals surface area contributed by atoms with E-state index < -0.39 is 11.6 Å². The van der Waals surface area contributed by atoms with Gasteiger partial charge in [0.2, 0.25) is 24.1 Å². The summed E-state index contributed by atoms with van der Waals surface area (Å²) in [6, 6.07) is -0.319. The lowest BCUT2D eigenvalue weighted by Crippen LogP contribution is -2.57. The lowest BCUT2D eigenvalue weighted by Gasteiger charge is -2.39. The van der Waals surface area contributed by atoms with Crippen LogP contribution in [0.15, 0.2) is 0 Å². The Kier molecular flexibility index (Phi) is 12.5. The normalized spacial score (nSPS) is 22.0. The maximum Gasteiger partial charge on any atom is 0.246 e. The molecule has 10 heteroatoms. The van der Waals surface area contributed by atoms with E-state index in [-0.39, 0.29) is 60.7 Å². The van der Waals surface area contributed by atoms with Crippen LogP contribution in [0.5, 0.6) is 0 Å². The number of amides is 4. The van der Waals surface area contributed by atoms with Crippen LogP contribution in [-0.2, 0) is 28.7 Å². The molecule has 0 aromatic carbocycles. The van der Waals surface area contributed by atoms with E-state index in [0.717, 1.165) is 32.1 Å². The van der Waals surface area contributed by atoms with E-state index >= 15 is 0 Å². The summed E-state index contributed by atoms with van der Waals surface area (Å²) >= 11 is 0. The summed E-state index contributed by atoms with van der Waals surface area (Å²) in [6.45, 7) is 8.81. The van der Waals surface area contributed by atoms with Crippen LogP contribution < -0.4 is 10.6 Å². The summed E-state index contributed by atoms with van der Waals surface area (Å²) in [7, 11) is 4.98. The fourth-order valence-electron chi connectivity index (χ4n) is 6.33. The molecule has 38 heavy (non-hydrogen) atoms. The van der Waals surface area contributed by atoms with E-state index in [0.29, 0.717) is 25.8 Å². The average Bonchev–Trinajstić information content (AvgIpc) is 3.57. The van der Waals surface area contributed by atoms with Gasteiger partial charge in [-0.25, -0.2) is 0 Å². The Morgan fingerprint density at radius 2 is 1.76 bits per heavy atom. The minimum Gasteiger partial charge on any atom is -0.379 e. The molecule has 1 saturated heterocycles. The summed E-state index contributed by atoms with van der Waals surface area (Å²) in [4.78, 5) is 54.3. The Morgan fingerprint density at radius 3 is 2.29 bits per heavy atom. The number of likely N-dealkylation sites (tertiary alicyclic amines) is 1. The number of ether oxygens (including phenoxy) is 2. The molecule has 218 valence electrons. The van der Waals surface area contributed by atoms with Crippen LogP contribution in [0.1, 0.15) is 79.1 Å². The molecule has 4 amide bonds. The Labute approximate surface area is 228 Å². The van der Waals surface area contributed by atoms with Gasteiger partial charge in [0.05, 0.1) is 37.3 Å². The van der Waals surface area contributed by atoms with Gasteiger partial charge >= 0.3 is 0 Å². The lowest BCUT2D eigenvalue weighted by atomic mass is 9.90. The molecule has 0 aromatic rings. The third-order valence-electron chi connectivity index (χ3n) is 8.68. The SMILES string of the molecule is CCC(C)C(C(CC(=O)N1CCCC1C(OC)C(C)C)OC)N(C)C(=O)CNC(=O)C1(NC=O)CCCC1. The van der Waals surface area contributed by atoms with Gasteiger partial charge in [-0.05, 0) is 37.5 Å². The molecule has 10 nitrogen and oxygen atoms in total. The number of rotatable bonds is 15. The van der Waals surface area contributed by atoms with Crippen molar-refractivity contribution in [3.8, 4) is 0 Å². The Morgan fingerprint density at radius 1 is 1.11 bits per heavy atom. The quantitative estimate of drug-likeness (QED) is 0.309. The lowest BCUT2D eigenvalue weighted by molar-refractivity contribution is -0.144. The number of nitrogens with one attached hydrogen (secondary N) is 2. The number of hydrogen-bond donors (Lipinski definition) is 2. The van der Waals surface area contributed by atoms with Gasteiger partial charge in [0.25, 0.3) is 0 Å². The first-order chi connectivity index (χ1) is 18.1. The monoisotopic (exact) mass is 538 g/mol. The zero-order valence-electron chi connectivity index (χ0n) is 24.5. The Balaban J connectivity index is 2.11. The fourth-order valence-corrected chi connectivity index (χ4v) is 6.33. The second-order valence-corrected chi connectivity index (χ2v) is 11.3. The zero-order chi connectivity index (χ0) is 28.5. The van der Waals surface area contributed by atoms with Crippen molar-refractivity contribution in [3.63, 3.8) is 0 Å². The van der Waals surface area contributed by atoms with E-state index in [1.54, 1.807) is 26.2 Å². The molecule has 0 spiro atoms. The van der Waals surface area contributed by atoms with Crippen LogP contribution in [0.4, 0.5) is 0 Å². The van der Waals surface area contributed by atoms with E-state index in [1.807, 2.05) is 18.7 Å². The highest BCUT2D eigenvalue weighted by Gasteiger charge is 2.42. The molecular formula is C28H50N4O6. The largest absolute Gasteiger partial charge is 0.379 e. The molecule has 5 unspecified atom stereocenters. The number of hydrogen-bond acceptors (Lipinski definition) is 6. The van der Waals surface area contributed by atoms with E-state index in [9.17, 15) is 19.2 Å². The van der Waals surface area contributed by atoms with Crippen molar-refractivity contribution < 1.29 is 28.7 Å². The topological polar surface area (TPSA) is 117 Å². The van der Waals surface area contributed by atoms with Gasteiger partial charge in [-0.15, -0.1) is 0 Å². The molecule has 0 radical (unpaired) electrons. The number of methoxy groups -OCH3 is 2. The molecule has 2 fully saturated rings. The molecule has 1 aliphatic carbocycles. The first kappa shape index (κ1) is 32.0. The van der Waals surface area contributed by atoms with Gasteiger partial charge in [0.1, 0.15) is 5.54 Å². The molecule has 0 bridgehead atoms. The molecule has 2 rings (SSSR count). The predicted molar refractivity (Wildman–Crippen MR) is 145 cm³/mol. The summed E-state index contributed by atoms with van der Waals surface area (Å²) in [5, 5.41) is 5.41. The number of likely N-dealkylation sites (N-methyl/N-ethyl adjacent to an activating group) is 1. The molecule has 2 aliphatic rings. The van der Waals surface area contributed by atoms with E-state index in [1.165, 1.54) is 0 Å². The van der Waals surface area contributed by atoms with Crippen LogP contribution in [-0.4, -0.2) is 98.1 Å². The highest BCUT2D eigenvalue weighted by molar-refractivity contribution is 5.92. The number of carbonyl (C=O) groups excluding carboxylic acids is 4. The smallest absolute Gasteiger partial charge is 0.246 e. The van der Waals surface area contributed by atoms with Crippen molar-refractivity contribution in [2.45, 2.75) is 109 Å². The minimum atomic E-state index is -0.944. The van der Waals surface area contributed by atoms with Gasteiger partial charge in [0.15, 0.2) is 0 Å². The van der Waals surface area contributed by atoms with Crippen molar-refractivity contribution in [2.75, 3.05) is 34.4 Å². The molecule has 1 saturated carbocycles. The Hall–Kier alpha value is -2.20. The third-order valence-corrected chi connectivity index (χ3v) is 8.68. The standard InChI is InChI=1S/C28H50N4O6/c1-8-20(4)25(31(5)24(35)17-29-27(36)28(30-18-33)13-9-10-14-28)22(37-6)16-23(34)32-15-11-12-21(32)26(38-7)19(2)3/h18-22,25-26H,8-17H2,1-7H3,(H,29,36)(H,30,33). The van der Waals surface area contributed by atoms with Crippen molar-refractivity contribution in [3.05, 3.63) is 0 Å². The molecule has 2 N–H and O–H groups in total. The summed E-state index contributed by atoms with van der Waals surface area (Å²) in [5.41, 5.74) is -0.944. The van der Waals surface area contributed by atoms with Crippen LogP contribution in [0.25, 0.3) is 0 Å². The molecule has 5 atom stereocenters. The molecular weight excluding hydrogens is 488 g/mol. The van der Waals surface area contributed by atoms with Crippen molar-refractivity contribution in [2.24, 2.45) is 11.8 Å². The van der Waals surface area contributed by atoms with E-state index in [2.05, 4.69) is 24.5 Å². The number of carbonyl (C=O) groups is 4. The summed E-state index contributed by atoms with van der Waals surface area (Å²) < 4.78 is 11.6. The highest BCUT2D eigenvalue weighted by atomic mass is 16.5. The van der Waals surface area contributed by atoms with Gasteiger partial charge < -0.3 is 29.9 Å². The highest BCUT2D eigenvalue weighted by Crippen LogP contribution is 2.30. The van der Waals surface area contributed by atoms with Gasteiger partial charge in [0, 0.05) is 27.8 Å². The van der Waals surface area contributed by atoms with Crippen LogP contribution >= 0.6 is 0 Å². The zero-order valence-corrected chi connectivity index (χ0v) is 24.5. The second-order valence-electron chi connectivity index (χ2n) is 11.3. The molecule has 1 heterocycles. The van der Waals surface area contributed by atoms with Crippen LogP contribution in [0.2, 0.25) is 0 Å². The van der Waals surface area contributed by atoms with Gasteiger partial charge in [-0.1, -0.05) is 47.0 Å². The summed E-state index contributed by atoms with van der Waals surface area (Å²) in [5.74, 6) is -0.246. The predicted octanol–water partition coefficient (Wildman–Crippen LogP) is 2.10. The first-order valence-corrected chi connectivity index (χ1v) is 14.2. The van der Waals surface area contributed by atoms with Crippen molar-refractivity contribution in [1.82, 2.24) is 20.4 Å². The number of nitrogens with zero attached hydrogens (tertiary/aromatic N) is 2. The Bertz CT molecular complexity index is 800. The van der Waals surface area contributed by atoms with Gasteiger partial charge in [-0.2, -0.15) is 0 Å². The maximum atomic E-state index is 13.5. The van der Waals surface area contributed by atoms with Crippen LogP contribution in [0, 0.1) is 11.8 Å². The van der Waals surface area contributed by atoms with E-state index in [4.69, 9.17) is 9.47 Å². The second kappa shape index (κ2) is 14.8. The van der Waals surface area contributed by atoms with Crippen molar-refractivity contribution >= 4 is 24.1 Å². The summed E-state index contributed by atoms with van der Waals surface area (Å²) in [6.07, 6.45) is 5.64. The maximum absolute atomic E-state index is 13.5. The first-order valence-electron chi connectivity index (χ1n) is 14.2. The van der Waals surface area contributed by atoms with Crippen molar-refractivity contribution in [1.29, 1.82) is 0 Å². The third kappa shape index (κ3) is 7.46. The molecule has 0 aromatic heterocycles. The minimum absolute atomic E-state index is 0.00705. The van der Waals surface area contributed by atoms with Crippen LogP contribution in [0.3, 0.4) is 0 Å². The average molecular weight is 539 g/mol. The molecule has 1 aliphatic heterocycles.